The number of amides is 1. The molecule has 1 amide bonds. The van der Waals surface area contributed by atoms with E-state index in [2.05, 4.69) is 31.5 Å². The average molecular weight is 320 g/mol. The molecule has 0 aliphatic heterocycles. The van der Waals surface area contributed by atoms with Gasteiger partial charge in [0.2, 0.25) is 5.91 Å². The quantitative estimate of drug-likeness (QED) is 0.903. The van der Waals surface area contributed by atoms with Crippen LogP contribution in [-0.4, -0.2) is 10.9 Å². The average Bonchev–Trinajstić information content (AvgIpc) is 2.36. The van der Waals surface area contributed by atoms with Gasteiger partial charge in [0.15, 0.2) is 0 Å². The molecule has 0 unspecified atom stereocenters. The molecule has 0 saturated carbocycles. The number of hydrogen-bond donors (Lipinski definition) is 2. The number of carbonyl (C=O) groups excluding carboxylic acids is 1. The maximum Gasteiger partial charge on any atom is 0.221 e. The number of anilines is 3. The Bertz CT molecular complexity index is 596. The van der Waals surface area contributed by atoms with Gasteiger partial charge in [0.05, 0.1) is 0 Å². The van der Waals surface area contributed by atoms with Crippen molar-refractivity contribution in [2.75, 3.05) is 10.6 Å². The van der Waals surface area contributed by atoms with E-state index in [-0.39, 0.29) is 5.91 Å². The Balaban J connectivity index is 2.10. The summed E-state index contributed by atoms with van der Waals surface area (Å²) in [7, 11) is 0. The number of nitrogens with zero attached hydrogens (tertiary/aromatic N) is 1. The van der Waals surface area contributed by atoms with Gasteiger partial charge in [0.25, 0.3) is 0 Å². The third kappa shape index (κ3) is 3.79. The van der Waals surface area contributed by atoms with E-state index >= 15 is 0 Å². The Morgan fingerprint density at radius 3 is 2.42 bits per heavy atom. The minimum atomic E-state index is -0.0779. The molecular weight excluding hydrogens is 306 g/mol. The van der Waals surface area contributed by atoms with Crippen molar-refractivity contribution < 1.29 is 4.79 Å². The molecule has 1 heterocycles. The first-order chi connectivity index (χ1) is 9.04. The van der Waals surface area contributed by atoms with Crippen LogP contribution in [0.1, 0.15) is 12.5 Å². The third-order valence-electron chi connectivity index (χ3n) is 2.52. The number of rotatable bonds is 3. The minimum Gasteiger partial charge on any atom is -0.340 e. The van der Waals surface area contributed by atoms with E-state index in [9.17, 15) is 4.79 Å². The summed E-state index contributed by atoms with van der Waals surface area (Å²) in [4.78, 5) is 15.2. The smallest absolute Gasteiger partial charge is 0.221 e. The van der Waals surface area contributed by atoms with E-state index in [0.717, 1.165) is 27.2 Å². The zero-order valence-corrected chi connectivity index (χ0v) is 12.3. The van der Waals surface area contributed by atoms with Gasteiger partial charge >= 0.3 is 0 Å². The number of benzene rings is 1. The predicted molar refractivity (Wildman–Crippen MR) is 80.7 cm³/mol. The lowest BCUT2D eigenvalue weighted by molar-refractivity contribution is -0.114. The number of aromatic nitrogens is 1. The van der Waals surface area contributed by atoms with Crippen molar-refractivity contribution in [3.63, 3.8) is 0 Å². The van der Waals surface area contributed by atoms with Crippen LogP contribution in [0.5, 0.6) is 0 Å². The third-order valence-corrected chi connectivity index (χ3v) is 3.35. The highest BCUT2D eigenvalue weighted by atomic mass is 79.9. The van der Waals surface area contributed by atoms with Crippen LogP contribution in [0.2, 0.25) is 0 Å². The highest BCUT2D eigenvalue weighted by molar-refractivity contribution is 9.10. The SMILES string of the molecule is CC(=O)Nc1ccc(Nc2cc(C)c(Br)cn2)cc1. The highest BCUT2D eigenvalue weighted by Gasteiger charge is 2.00. The molecule has 2 rings (SSSR count). The zero-order chi connectivity index (χ0) is 13.8. The van der Waals surface area contributed by atoms with E-state index in [4.69, 9.17) is 0 Å². The van der Waals surface area contributed by atoms with Crippen LogP contribution in [0.15, 0.2) is 41.0 Å². The fourth-order valence-electron chi connectivity index (χ4n) is 1.60. The molecule has 0 fully saturated rings. The van der Waals surface area contributed by atoms with Gasteiger partial charge in [0.1, 0.15) is 5.82 Å². The standard InChI is InChI=1S/C14H14BrN3O/c1-9-7-14(16-8-13(9)15)18-12-5-3-11(4-6-12)17-10(2)19/h3-8H,1-2H3,(H,16,18)(H,17,19). The van der Waals surface area contributed by atoms with Gasteiger partial charge in [0, 0.05) is 29.0 Å². The molecule has 0 saturated heterocycles. The lowest BCUT2D eigenvalue weighted by Crippen LogP contribution is -2.05. The molecule has 4 nitrogen and oxygen atoms in total. The summed E-state index contributed by atoms with van der Waals surface area (Å²) in [6.07, 6.45) is 1.77. The van der Waals surface area contributed by atoms with Crippen molar-refractivity contribution in [2.24, 2.45) is 0 Å². The Kier molecular flexibility index (Phi) is 4.16. The molecule has 0 spiro atoms. The van der Waals surface area contributed by atoms with Gasteiger partial charge in [-0.2, -0.15) is 0 Å². The lowest BCUT2D eigenvalue weighted by Gasteiger charge is -2.08. The number of nitrogens with one attached hydrogen (secondary N) is 2. The molecule has 1 aromatic carbocycles. The summed E-state index contributed by atoms with van der Waals surface area (Å²) in [5.74, 6) is 0.707. The Hall–Kier alpha value is -1.88. The second-order valence-corrected chi connectivity index (χ2v) is 5.06. The maximum atomic E-state index is 10.9. The first-order valence-corrected chi connectivity index (χ1v) is 6.61. The number of pyridine rings is 1. The predicted octanol–water partition coefficient (Wildman–Crippen LogP) is 3.85. The fraction of sp³-hybridized carbons (Fsp3) is 0.143. The van der Waals surface area contributed by atoms with Crippen molar-refractivity contribution >= 4 is 39.0 Å². The second-order valence-electron chi connectivity index (χ2n) is 4.20. The molecular formula is C14H14BrN3O. The van der Waals surface area contributed by atoms with Gasteiger partial charge in [-0.25, -0.2) is 4.98 Å². The van der Waals surface area contributed by atoms with Gasteiger partial charge in [-0.05, 0) is 58.7 Å². The van der Waals surface area contributed by atoms with Gasteiger partial charge in [-0.1, -0.05) is 0 Å². The zero-order valence-electron chi connectivity index (χ0n) is 10.7. The van der Waals surface area contributed by atoms with Crippen LogP contribution in [0, 0.1) is 6.92 Å². The largest absolute Gasteiger partial charge is 0.340 e. The molecule has 0 bridgehead atoms. The van der Waals surface area contributed by atoms with Gasteiger partial charge in [-0.15, -0.1) is 0 Å². The Morgan fingerprint density at radius 1 is 1.21 bits per heavy atom. The molecule has 1 aromatic heterocycles. The molecule has 2 N–H and O–H groups in total. The molecule has 2 aromatic rings. The maximum absolute atomic E-state index is 10.9. The van der Waals surface area contributed by atoms with Crippen LogP contribution < -0.4 is 10.6 Å². The molecule has 0 radical (unpaired) electrons. The Morgan fingerprint density at radius 2 is 1.84 bits per heavy atom. The van der Waals surface area contributed by atoms with Gasteiger partial charge < -0.3 is 10.6 Å². The molecule has 0 aliphatic carbocycles. The number of carbonyl (C=O) groups is 1. The summed E-state index contributed by atoms with van der Waals surface area (Å²) < 4.78 is 0.985. The summed E-state index contributed by atoms with van der Waals surface area (Å²) >= 11 is 3.42. The summed E-state index contributed by atoms with van der Waals surface area (Å²) in [5, 5.41) is 5.93. The van der Waals surface area contributed by atoms with Crippen LogP contribution >= 0.6 is 15.9 Å². The van der Waals surface area contributed by atoms with Crippen molar-refractivity contribution in [1.82, 2.24) is 4.98 Å². The number of hydrogen-bond acceptors (Lipinski definition) is 3. The van der Waals surface area contributed by atoms with Gasteiger partial charge in [-0.3, -0.25) is 4.79 Å². The number of aryl methyl sites for hydroxylation is 1. The minimum absolute atomic E-state index is 0.0779. The van der Waals surface area contributed by atoms with E-state index < -0.39 is 0 Å². The summed E-state index contributed by atoms with van der Waals surface area (Å²) in [5.41, 5.74) is 2.81. The monoisotopic (exact) mass is 319 g/mol. The normalized spacial score (nSPS) is 10.1. The first kappa shape index (κ1) is 13.5. The number of halogens is 1. The lowest BCUT2D eigenvalue weighted by atomic mass is 10.2. The molecule has 19 heavy (non-hydrogen) atoms. The van der Waals surface area contributed by atoms with Crippen LogP contribution in [0.3, 0.4) is 0 Å². The van der Waals surface area contributed by atoms with E-state index in [1.807, 2.05) is 37.3 Å². The van der Waals surface area contributed by atoms with E-state index in [1.165, 1.54) is 6.92 Å². The molecule has 0 atom stereocenters. The van der Waals surface area contributed by atoms with Crippen molar-refractivity contribution in [3.05, 3.63) is 46.6 Å². The van der Waals surface area contributed by atoms with Crippen LogP contribution in [0.25, 0.3) is 0 Å². The Labute approximate surface area is 120 Å². The van der Waals surface area contributed by atoms with Crippen LogP contribution in [0.4, 0.5) is 17.2 Å². The fourth-order valence-corrected chi connectivity index (χ4v) is 1.81. The summed E-state index contributed by atoms with van der Waals surface area (Å²) in [6, 6.07) is 9.44. The first-order valence-electron chi connectivity index (χ1n) is 5.81. The summed E-state index contributed by atoms with van der Waals surface area (Å²) in [6.45, 7) is 3.50. The molecule has 98 valence electrons. The molecule has 5 heteroatoms. The molecule has 0 aliphatic rings. The topological polar surface area (TPSA) is 54.0 Å². The van der Waals surface area contributed by atoms with Crippen LogP contribution in [-0.2, 0) is 4.79 Å². The van der Waals surface area contributed by atoms with E-state index in [1.54, 1.807) is 6.20 Å². The second kappa shape index (κ2) is 5.84. The highest BCUT2D eigenvalue weighted by Crippen LogP contribution is 2.21. The van der Waals surface area contributed by atoms with Crippen molar-refractivity contribution in [3.8, 4) is 0 Å². The van der Waals surface area contributed by atoms with E-state index in [0.29, 0.717) is 0 Å². The van der Waals surface area contributed by atoms with Crippen molar-refractivity contribution in [1.29, 1.82) is 0 Å². The van der Waals surface area contributed by atoms with Crippen molar-refractivity contribution in [2.45, 2.75) is 13.8 Å².